The van der Waals surface area contributed by atoms with Crippen LogP contribution in [0, 0.1) is 39.9 Å². The van der Waals surface area contributed by atoms with Crippen LogP contribution < -0.4 is 0 Å². The van der Waals surface area contributed by atoms with E-state index in [1.54, 1.807) is 0 Å². The molecule has 0 spiro atoms. The SMILES string of the molecule is CC(=O)[C@@]12CCCC[C@@H]1C[C@H]1[C@@H]3CCC4=CC(=O)CC[C@]4(C)[C@H]3CC[C@@]12C. The van der Waals surface area contributed by atoms with Crippen molar-refractivity contribution in [2.45, 2.75) is 91.4 Å². The third kappa shape index (κ3) is 2.14. The Labute approximate surface area is 164 Å². The average Bonchev–Trinajstić information content (AvgIpc) is 2.92. The molecule has 5 aliphatic carbocycles. The van der Waals surface area contributed by atoms with Gasteiger partial charge in [-0.15, -0.1) is 0 Å². The monoisotopic (exact) mass is 368 g/mol. The number of rotatable bonds is 1. The van der Waals surface area contributed by atoms with E-state index >= 15 is 0 Å². The highest BCUT2D eigenvalue weighted by Crippen LogP contribution is 2.74. The molecule has 0 aromatic rings. The number of allylic oxidation sites excluding steroid dienone is 1. The lowest BCUT2D eigenvalue weighted by Gasteiger charge is -2.60. The smallest absolute Gasteiger partial charge is 0.155 e. The highest BCUT2D eigenvalue weighted by molar-refractivity contribution is 5.91. The highest BCUT2D eigenvalue weighted by Gasteiger charge is 2.69. The first-order valence-corrected chi connectivity index (χ1v) is 11.6. The fourth-order valence-electron chi connectivity index (χ4n) is 9.36. The minimum Gasteiger partial charge on any atom is -0.299 e. The summed E-state index contributed by atoms with van der Waals surface area (Å²) in [6, 6.07) is 0. The Morgan fingerprint density at radius 3 is 2.59 bits per heavy atom. The Kier molecular flexibility index (Phi) is 3.89. The standard InChI is InChI=1S/C25H36O2/c1-16(26)25-11-5-4-6-18(25)15-22-20-8-7-17-14-19(27)9-12-23(17,2)21(20)10-13-24(22,25)3/h14,18,20-22H,4-13,15H2,1-3H3/t18-,20-,21+,22+,23+,24+,25+/m1/s1. The molecule has 4 saturated carbocycles. The lowest BCUT2D eigenvalue weighted by Crippen LogP contribution is -2.55. The van der Waals surface area contributed by atoms with Crippen LogP contribution in [0.3, 0.4) is 0 Å². The molecule has 0 N–H and O–H groups in total. The van der Waals surface area contributed by atoms with Crippen molar-refractivity contribution < 1.29 is 9.59 Å². The molecule has 0 aliphatic heterocycles. The van der Waals surface area contributed by atoms with E-state index in [1.165, 1.54) is 50.5 Å². The first-order chi connectivity index (χ1) is 12.8. The second-order valence-electron chi connectivity index (χ2n) is 11.1. The number of ketones is 2. The average molecular weight is 369 g/mol. The Hall–Kier alpha value is -0.920. The number of carbonyl (C=O) groups is 2. The molecule has 2 nitrogen and oxygen atoms in total. The van der Waals surface area contributed by atoms with Crippen LogP contribution in [-0.4, -0.2) is 11.6 Å². The van der Waals surface area contributed by atoms with Crippen LogP contribution in [0.5, 0.6) is 0 Å². The summed E-state index contributed by atoms with van der Waals surface area (Å²) < 4.78 is 0. The van der Waals surface area contributed by atoms with Gasteiger partial charge < -0.3 is 0 Å². The second kappa shape index (κ2) is 5.80. The zero-order chi connectivity index (χ0) is 19.0. The van der Waals surface area contributed by atoms with Crippen LogP contribution in [0.2, 0.25) is 0 Å². The van der Waals surface area contributed by atoms with E-state index in [0.29, 0.717) is 17.5 Å². The number of fused-ring (bicyclic) bond motifs is 7. The maximum absolute atomic E-state index is 13.1. The number of carbonyl (C=O) groups excluding carboxylic acids is 2. The molecule has 0 bridgehead atoms. The maximum Gasteiger partial charge on any atom is 0.155 e. The summed E-state index contributed by atoms with van der Waals surface area (Å²) in [7, 11) is 0. The molecule has 0 heterocycles. The van der Waals surface area contributed by atoms with Crippen molar-refractivity contribution in [3.8, 4) is 0 Å². The molecule has 0 unspecified atom stereocenters. The number of Topliss-reactive ketones (excluding diaryl/α,β-unsaturated/α-hetero) is 1. The third-order valence-electron chi connectivity index (χ3n) is 10.6. The van der Waals surface area contributed by atoms with Gasteiger partial charge in [-0.3, -0.25) is 9.59 Å². The van der Waals surface area contributed by atoms with Gasteiger partial charge in [0.2, 0.25) is 0 Å². The summed E-state index contributed by atoms with van der Waals surface area (Å²) in [6.07, 6.45) is 15.0. The molecule has 4 fully saturated rings. The van der Waals surface area contributed by atoms with E-state index in [4.69, 9.17) is 0 Å². The van der Waals surface area contributed by atoms with Gasteiger partial charge in [-0.25, -0.2) is 0 Å². The second-order valence-corrected chi connectivity index (χ2v) is 11.1. The molecule has 148 valence electrons. The molecule has 27 heavy (non-hydrogen) atoms. The normalized spacial score (nSPS) is 51.5. The summed E-state index contributed by atoms with van der Waals surface area (Å²) >= 11 is 0. The van der Waals surface area contributed by atoms with Crippen LogP contribution in [0.1, 0.15) is 91.4 Å². The van der Waals surface area contributed by atoms with Crippen LogP contribution in [0.25, 0.3) is 0 Å². The lowest BCUT2D eigenvalue weighted by molar-refractivity contribution is -0.148. The first kappa shape index (κ1) is 18.1. The summed E-state index contributed by atoms with van der Waals surface area (Å²) in [6.45, 7) is 6.89. The summed E-state index contributed by atoms with van der Waals surface area (Å²) in [5.41, 5.74) is 1.89. The van der Waals surface area contributed by atoms with Gasteiger partial charge in [0.15, 0.2) is 5.78 Å². The summed E-state index contributed by atoms with van der Waals surface area (Å²) in [5, 5.41) is 0. The minimum absolute atomic E-state index is 0.0273. The van der Waals surface area contributed by atoms with Crippen LogP contribution >= 0.6 is 0 Å². The molecule has 0 aromatic heterocycles. The van der Waals surface area contributed by atoms with Crippen molar-refractivity contribution >= 4 is 11.6 Å². The summed E-state index contributed by atoms with van der Waals surface area (Å²) in [4.78, 5) is 25.1. The van der Waals surface area contributed by atoms with Gasteiger partial charge in [-0.2, -0.15) is 0 Å². The molecular formula is C25H36O2. The maximum atomic E-state index is 13.1. The first-order valence-electron chi connectivity index (χ1n) is 11.6. The van der Waals surface area contributed by atoms with Crippen LogP contribution in [-0.2, 0) is 9.59 Å². The van der Waals surface area contributed by atoms with Gasteiger partial charge in [0, 0.05) is 11.8 Å². The number of hydrogen-bond donors (Lipinski definition) is 0. The molecule has 0 radical (unpaired) electrons. The molecule has 0 amide bonds. The van der Waals surface area contributed by atoms with E-state index in [9.17, 15) is 9.59 Å². The molecule has 0 aromatic carbocycles. The Morgan fingerprint density at radius 2 is 1.81 bits per heavy atom. The third-order valence-corrected chi connectivity index (χ3v) is 10.6. The van der Waals surface area contributed by atoms with E-state index in [2.05, 4.69) is 13.8 Å². The lowest BCUT2D eigenvalue weighted by atomic mass is 9.44. The van der Waals surface area contributed by atoms with Crippen molar-refractivity contribution in [2.75, 3.05) is 0 Å². The zero-order valence-electron chi connectivity index (χ0n) is 17.5. The molecule has 5 aliphatic rings. The Balaban J connectivity index is 1.54. The van der Waals surface area contributed by atoms with Crippen molar-refractivity contribution in [3.05, 3.63) is 11.6 Å². The topological polar surface area (TPSA) is 34.1 Å². The highest BCUT2D eigenvalue weighted by atomic mass is 16.1. The quantitative estimate of drug-likeness (QED) is 0.578. The molecular weight excluding hydrogens is 332 g/mol. The van der Waals surface area contributed by atoms with E-state index < -0.39 is 0 Å². The van der Waals surface area contributed by atoms with Crippen molar-refractivity contribution in [2.24, 2.45) is 39.9 Å². The molecule has 2 heteroatoms. The van der Waals surface area contributed by atoms with Crippen molar-refractivity contribution in [3.63, 3.8) is 0 Å². The van der Waals surface area contributed by atoms with Gasteiger partial charge >= 0.3 is 0 Å². The van der Waals surface area contributed by atoms with Gasteiger partial charge in [-0.05, 0) is 98.9 Å². The predicted octanol–water partition coefficient (Wildman–Crippen LogP) is 5.89. The Morgan fingerprint density at radius 1 is 1.00 bits per heavy atom. The van der Waals surface area contributed by atoms with Crippen molar-refractivity contribution in [1.82, 2.24) is 0 Å². The minimum atomic E-state index is -0.0273. The van der Waals surface area contributed by atoms with Gasteiger partial charge in [0.05, 0.1) is 0 Å². The van der Waals surface area contributed by atoms with E-state index in [0.717, 1.165) is 43.4 Å². The fourth-order valence-corrected chi connectivity index (χ4v) is 9.36. The number of hydrogen-bond acceptors (Lipinski definition) is 2. The van der Waals surface area contributed by atoms with Crippen LogP contribution in [0.4, 0.5) is 0 Å². The zero-order valence-corrected chi connectivity index (χ0v) is 17.5. The van der Waals surface area contributed by atoms with Crippen molar-refractivity contribution in [1.29, 1.82) is 0 Å². The van der Waals surface area contributed by atoms with Gasteiger partial charge in [-0.1, -0.05) is 32.3 Å². The van der Waals surface area contributed by atoms with Gasteiger partial charge in [0.1, 0.15) is 5.78 Å². The predicted molar refractivity (Wildman–Crippen MR) is 107 cm³/mol. The largest absolute Gasteiger partial charge is 0.299 e. The molecule has 5 rings (SSSR count). The van der Waals surface area contributed by atoms with Crippen LogP contribution in [0.15, 0.2) is 11.6 Å². The van der Waals surface area contributed by atoms with Gasteiger partial charge in [0.25, 0.3) is 0 Å². The Bertz CT molecular complexity index is 720. The van der Waals surface area contributed by atoms with E-state index in [-0.39, 0.29) is 16.2 Å². The molecule has 7 atom stereocenters. The fraction of sp³-hybridized carbons (Fsp3) is 0.840. The molecule has 0 saturated heterocycles. The van der Waals surface area contributed by atoms with E-state index in [1.807, 2.05) is 13.0 Å². The summed E-state index contributed by atoms with van der Waals surface area (Å²) in [5.74, 6) is 3.70.